The molecule has 0 saturated carbocycles. The zero-order valence-corrected chi connectivity index (χ0v) is 11.8. The second kappa shape index (κ2) is 6.51. The van der Waals surface area contributed by atoms with Gasteiger partial charge >= 0.3 is 0 Å². The Balaban J connectivity index is 2.03. The highest BCUT2D eigenvalue weighted by Gasteiger charge is 2.28. The number of rotatable bonds is 2. The topological polar surface area (TPSA) is 56.7 Å². The smallest absolute Gasteiger partial charge is 0.272 e. The normalized spacial score (nSPS) is 18.0. The van der Waals surface area contributed by atoms with Gasteiger partial charge in [-0.15, -0.1) is 0 Å². The standard InChI is InChI=1S/C15H19N3O2/c1-17(2)13-7-8-18(11-13)15(20)14-6-5-12(10-16-14)4-3-9-19/h5-6,10,13,19H,7-9,11H2,1-2H3. The fourth-order valence-corrected chi connectivity index (χ4v) is 2.25. The number of nitrogens with zero attached hydrogens (tertiary/aromatic N) is 3. The lowest BCUT2D eigenvalue weighted by Gasteiger charge is -2.20. The number of likely N-dealkylation sites (N-methyl/N-ethyl adjacent to an activating group) is 1. The van der Waals surface area contributed by atoms with Gasteiger partial charge in [-0.25, -0.2) is 4.98 Å². The molecule has 0 bridgehead atoms. The molecule has 1 aliphatic heterocycles. The maximum atomic E-state index is 12.3. The minimum Gasteiger partial charge on any atom is -0.384 e. The average Bonchev–Trinajstić information content (AvgIpc) is 2.95. The fourth-order valence-electron chi connectivity index (χ4n) is 2.25. The van der Waals surface area contributed by atoms with Crippen molar-refractivity contribution in [1.29, 1.82) is 0 Å². The minimum absolute atomic E-state index is 0.0315. The molecule has 1 atom stereocenters. The molecular formula is C15H19N3O2. The summed E-state index contributed by atoms with van der Waals surface area (Å²) in [5.41, 5.74) is 1.14. The van der Waals surface area contributed by atoms with E-state index in [9.17, 15) is 4.79 Å². The van der Waals surface area contributed by atoms with E-state index < -0.39 is 0 Å². The Hall–Kier alpha value is -1.90. The Morgan fingerprint density at radius 1 is 1.55 bits per heavy atom. The predicted octanol–water partition coefficient (Wildman–Crippen LogP) is 0.202. The molecule has 106 valence electrons. The molecule has 0 spiro atoms. The second-order valence-corrected chi connectivity index (χ2v) is 5.05. The van der Waals surface area contributed by atoms with Gasteiger partial charge in [0.05, 0.1) is 0 Å². The van der Waals surface area contributed by atoms with Crippen molar-refractivity contribution in [2.75, 3.05) is 33.8 Å². The molecule has 2 heterocycles. The number of hydrogen-bond acceptors (Lipinski definition) is 4. The second-order valence-electron chi connectivity index (χ2n) is 5.05. The van der Waals surface area contributed by atoms with Crippen LogP contribution in [0.5, 0.6) is 0 Å². The van der Waals surface area contributed by atoms with Gasteiger partial charge in [-0.2, -0.15) is 0 Å². The molecule has 1 amide bonds. The largest absolute Gasteiger partial charge is 0.384 e. The van der Waals surface area contributed by atoms with E-state index in [0.717, 1.165) is 19.5 Å². The molecule has 1 aromatic heterocycles. The molecule has 1 N–H and O–H groups in total. The van der Waals surface area contributed by atoms with Crippen LogP contribution in [0.15, 0.2) is 18.3 Å². The lowest BCUT2D eigenvalue weighted by molar-refractivity contribution is 0.0777. The first-order valence-corrected chi connectivity index (χ1v) is 6.63. The van der Waals surface area contributed by atoms with E-state index in [0.29, 0.717) is 17.3 Å². The number of amides is 1. The van der Waals surface area contributed by atoms with Crippen LogP contribution in [0, 0.1) is 11.8 Å². The van der Waals surface area contributed by atoms with Gasteiger partial charge in [0.25, 0.3) is 5.91 Å². The number of aliphatic hydroxyl groups excluding tert-OH is 1. The Labute approximate surface area is 119 Å². The average molecular weight is 273 g/mol. The van der Waals surface area contributed by atoms with Crippen molar-refractivity contribution in [3.8, 4) is 11.8 Å². The number of carbonyl (C=O) groups excluding carboxylic acids is 1. The molecular weight excluding hydrogens is 254 g/mol. The number of aliphatic hydroxyl groups is 1. The summed E-state index contributed by atoms with van der Waals surface area (Å²) in [5.74, 6) is 5.28. The Bertz CT molecular complexity index is 528. The quantitative estimate of drug-likeness (QED) is 0.782. The predicted molar refractivity (Wildman–Crippen MR) is 76.2 cm³/mol. The number of likely N-dealkylation sites (tertiary alicyclic amines) is 1. The fraction of sp³-hybridized carbons (Fsp3) is 0.467. The Kier molecular flexibility index (Phi) is 4.72. The van der Waals surface area contributed by atoms with Crippen LogP contribution < -0.4 is 0 Å². The van der Waals surface area contributed by atoms with Crippen LogP contribution >= 0.6 is 0 Å². The van der Waals surface area contributed by atoms with Gasteiger partial charge in [-0.3, -0.25) is 4.79 Å². The number of pyridine rings is 1. The molecule has 5 nitrogen and oxygen atoms in total. The maximum Gasteiger partial charge on any atom is 0.272 e. The first-order chi connectivity index (χ1) is 9.61. The third kappa shape index (κ3) is 3.35. The van der Waals surface area contributed by atoms with E-state index in [1.807, 2.05) is 19.0 Å². The molecule has 0 radical (unpaired) electrons. The number of aromatic nitrogens is 1. The molecule has 20 heavy (non-hydrogen) atoms. The Morgan fingerprint density at radius 2 is 2.35 bits per heavy atom. The first-order valence-electron chi connectivity index (χ1n) is 6.63. The van der Waals surface area contributed by atoms with Crippen LogP contribution in [-0.2, 0) is 0 Å². The van der Waals surface area contributed by atoms with Gasteiger partial charge in [0.15, 0.2) is 0 Å². The zero-order valence-electron chi connectivity index (χ0n) is 11.8. The summed E-state index contributed by atoms with van der Waals surface area (Å²) >= 11 is 0. The van der Waals surface area contributed by atoms with E-state index in [1.165, 1.54) is 0 Å². The van der Waals surface area contributed by atoms with Crippen LogP contribution in [0.3, 0.4) is 0 Å². The molecule has 1 unspecified atom stereocenters. The highest BCUT2D eigenvalue weighted by atomic mass is 16.2. The summed E-state index contributed by atoms with van der Waals surface area (Å²) in [4.78, 5) is 20.5. The van der Waals surface area contributed by atoms with Crippen LogP contribution in [0.25, 0.3) is 0 Å². The van der Waals surface area contributed by atoms with Crippen LogP contribution in [0.2, 0.25) is 0 Å². The van der Waals surface area contributed by atoms with Gasteiger partial charge in [0.1, 0.15) is 12.3 Å². The molecule has 1 fully saturated rings. The van der Waals surface area contributed by atoms with Crippen molar-refractivity contribution in [2.45, 2.75) is 12.5 Å². The van der Waals surface area contributed by atoms with Crippen LogP contribution in [-0.4, -0.2) is 65.6 Å². The van der Waals surface area contributed by atoms with Crippen molar-refractivity contribution < 1.29 is 9.90 Å². The third-order valence-electron chi connectivity index (χ3n) is 3.48. The van der Waals surface area contributed by atoms with E-state index in [2.05, 4.69) is 21.7 Å². The molecule has 0 aliphatic carbocycles. The first kappa shape index (κ1) is 14.5. The van der Waals surface area contributed by atoms with E-state index in [1.54, 1.807) is 18.3 Å². The summed E-state index contributed by atoms with van der Waals surface area (Å²) < 4.78 is 0. The van der Waals surface area contributed by atoms with Gasteiger partial charge < -0.3 is 14.9 Å². The van der Waals surface area contributed by atoms with Gasteiger partial charge in [0, 0.05) is 30.9 Å². The summed E-state index contributed by atoms with van der Waals surface area (Å²) in [6.45, 7) is 1.34. The van der Waals surface area contributed by atoms with Crippen molar-refractivity contribution in [2.24, 2.45) is 0 Å². The third-order valence-corrected chi connectivity index (χ3v) is 3.48. The molecule has 2 rings (SSSR count). The van der Waals surface area contributed by atoms with E-state index in [4.69, 9.17) is 5.11 Å². The summed E-state index contributed by atoms with van der Waals surface area (Å²) in [7, 11) is 4.07. The lowest BCUT2D eigenvalue weighted by atomic mass is 10.2. The van der Waals surface area contributed by atoms with E-state index >= 15 is 0 Å². The number of carbonyl (C=O) groups is 1. The highest BCUT2D eigenvalue weighted by Crippen LogP contribution is 2.15. The monoisotopic (exact) mass is 273 g/mol. The SMILES string of the molecule is CN(C)C1CCN(C(=O)c2ccc(C#CCO)cn2)C1. The van der Waals surface area contributed by atoms with Gasteiger partial charge in [-0.1, -0.05) is 11.8 Å². The molecule has 5 heteroatoms. The zero-order chi connectivity index (χ0) is 14.5. The van der Waals surface area contributed by atoms with Gasteiger partial charge in [0.2, 0.25) is 0 Å². The van der Waals surface area contributed by atoms with E-state index in [-0.39, 0.29) is 12.5 Å². The molecule has 1 saturated heterocycles. The summed E-state index contributed by atoms with van der Waals surface area (Å²) in [5, 5.41) is 8.62. The van der Waals surface area contributed by atoms with Crippen molar-refractivity contribution in [1.82, 2.24) is 14.8 Å². The molecule has 1 aromatic rings. The maximum absolute atomic E-state index is 12.3. The van der Waals surface area contributed by atoms with Crippen LogP contribution in [0.4, 0.5) is 0 Å². The van der Waals surface area contributed by atoms with Crippen molar-refractivity contribution >= 4 is 5.91 Å². The van der Waals surface area contributed by atoms with Crippen molar-refractivity contribution in [3.63, 3.8) is 0 Å². The minimum atomic E-state index is -0.180. The Morgan fingerprint density at radius 3 is 2.90 bits per heavy atom. The summed E-state index contributed by atoms with van der Waals surface area (Å²) in [6.07, 6.45) is 2.56. The van der Waals surface area contributed by atoms with Crippen molar-refractivity contribution in [3.05, 3.63) is 29.6 Å². The van der Waals surface area contributed by atoms with Crippen LogP contribution in [0.1, 0.15) is 22.5 Å². The molecule has 0 aromatic carbocycles. The number of hydrogen-bond donors (Lipinski definition) is 1. The summed E-state index contributed by atoms with van der Waals surface area (Å²) in [6, 6.07) is 3.86. The lowest BCUT2D eigenvalue weighted by Crippen LogP contribution is -2.34. The molecule has 1 aliphatic rings. The van der Waals surface area contributed by atoms with Gasteiger partial charge in [-0.05, 0) is 32.6 Å². The highest BCUT2D eigenvalue weighted by molar-refractivity contribution is 5.92.